The molecule has 0 aromatic heterocycles. The zero-order chi connectivity index (χ0) is 17.6. The van der Waals surface area contributed by atoms with E-state index in [1.165, 1.54) is 19.3 Å². The highest BCUT2D eigenvalue weighted by atomic mass is 16.5. The molecule has 2 amide bonds. The molecule has 0 radical (unpaired) electrons. The molecule has 0 bridgehead atoms. The molecular formula is C20H26N2O3. The number of amides is 2. The number of nitrogens with one attached hydrogen (secondary N) is 1. The third-order valence-electron chi connectivity index (χ3n) is 4.99. The summed E-state index contributed by atoms with van der Waals surface area (Å²) in [5.41, 5.74) is 1.08. The summed E-state index contributed by atoms with van der Waals surface area (Å²) >= 11 is 0. The van der Waals surface area contributed by atoms with Gasteiger partial charge in [-0.3, -0.25) is 4.79 Å². The first kappa shape index (κ1) is 17.5. The Bertz CT molecular complexity index is 623. The Balaban J connectivity index is 1.74. The molecule has 1 aromatic carbocycles. The summed E-state index contributed by atoms with van der Waals surface area (Å²) in [6, 6.07) is 9.64. The smallest absolute Gasteiger partial charge is 0.407 e. The normalized spacial score (nSPS) is 24.2. The van der Waals surface area contributed by atoms with Crippen molar-refractivity contribution in [2.75, 3.05) is 6.61 Å². The molecule has 2 fully saturated rings. The van der Waals surface area contributed by atoms with Crippen molar-refractivity contribution in [3.8, 4) is 0 Å². The number of ether oxygens (including phenoxy) is 1. The minimum atomic E-state index is -0.527. The molecule has 0 unspecified atom stereocenters. The Morgan fingerprint density at radius 2 is 1.96 bits per heavy atom. The number of β-lactam (4-membered cyclic amide) rings is 1. The lowest BCUT2D eigenvalue weighted by Gasteiger charge is -2.50. The molecule has 1 aliphatic heterocycles. The number of hydrogen-bond acceptors (Lipinski definition) is 3. The van der Waals surface area contributed by atoms with Gasteiger partial charge < -0.3 is 15.0 Å². The number of alkyl carbamates (subject to hydrolysis) is 1. The van der Waals surface area contributed by atoms with Crippen molar-refractivity contribution in [3.05, 3.63) is 42.0 Å². The Hall–Kier alpha value is -2.30. The molecule has 5 nitrogen and oxygen atoms in total. The lowest BCUT2D eigenvalue weighted by atomic mass is 9.85. The molecule has 5 heteroatoms. The molecule has 0 spiro atoms. The fourth-order valence-corrected chi connectivity index (χ4v) is 3.74. The second-order valence-corrected chi connectivity index (χ2v) is 6.64. The Labute approximate surface area is 149 Å². The highest BCUT2D eigenvalue weighted by molar-refractivity contribution is 5.93. The Morgan fingerprint density at radius 1 is 1.24 bits per heavy atom. The molecule has 134 valence electrons. The first-order valence-corrected chi connectivity index (χ1v) is 9.19. The van der Waals surface area contributed by atoms with Crippen molar-refractivity contribution < 1.29 is 14.3 Å². The average Bonchev–Trinajstić information content (AvgIpc) is 2.64. The molecule has 2 aliphatic rings. The highest BCUT2D eigenvalue weighted by Crippen LogP contribution is 2.32. The molecule has 2 atom stereocenters. The van der Waals surface area contributed by atoms with Crippen molar-refractivity contribution in [1.29, 1.82) is 0 Å². The van der Waals surface area contributed by atoms with E-state index in [0.717, 1.165) is 18.4 Å². The predicted molar refractivity (Wildman–Crippen MR) is 96.9 cm³/mol. The number of benzene rings is 1. The molecule has 1 aliphatic carbocycles. The fraction of sp³-hybridized carbons (Fsp3) is 0.500. The third-order valence-corrected chi connectivity index (χ3v) is 4.99. The number of rotatable bonds is 5. The number of hydrogen-bond donors (Lipinski definition) is 1. The summed E-state index contributed by atoms with van der Waals surface area (Å²) < 4.78 is 4.94. The van der Waals surface area contributed by atoms with Crippen LogP contribution in [-0.2, 0) is 9.53 Å². The van der Waals surface area contributed by atoms with Gasteiger partial charge >= 0.3 is 6.09 Å². The van der Waals surface area contributed by atoms with Crippen LogP contribution in [0.15, 0.2) is 36.4 Å². The zero-order valence-corrected chi connectivity index (χ0v) is 14.7. The van der Waals surface area contributed by atoms with Gasteiger partial charge in [0.15, 0.2) is 0 Å². The zero-order valence-electron chi connectivity index (χ0n) is 14.7. The van der Waals surface area contributed by atoms with Crippen molar-refractivity contribution in [3.63, 3.8) is 0 Å². The van der Waals surface area contributed by atoms with Gasteiger partial charge in [-0.2, -0.15) is 0 Å². The number of nitrogens with zero attached hydrogens (tertiary/aromatic N) is 1. The van der Waals surface area contributed by atoms with E-state index in [-0.39, 0.29) is 18.0 Å². The summed E-state index contributed by atoms with van der Waals surface area (Å²) in [7, 11) is 0. The maximum atomic E-state index is 12.6. The average molecular weight is 342 g/mol. The topological polar surface area (TPSA) is 58.6 Å². The first-order valence-electron chi connectivity index (χ1n) is 9.19. The van der Waals surface area contributed by atoms with Crippen molar-refractivity contribution >= 4 is 18.1 Å². The molecular weight excluding hydrogens is 316 g/mol. The van der Waals surface area contributed by atoms with Crippen molar-refractivity contribution in [1.82, 2.24) is 10.2 Å². The molecule has 1 saturated carbocycles. The molecule has 25 heavy (non-hydrogen) atoms. The summed E-state index contributed by atoms with van der Waals surface area (Å²) in [4.78, 5) is 26.4. The number of carbonyl (C=O) groups excluding carboxylic acids is 2. The highest BCUT2D eigenvalue weighted by Gasteiger charge is 2.49. The van der Waals surface area contributed by atoms with E-state index < -0.39 is 12.1 Å². The van der Waals surface area contributed by atoms with Crippen LogP contribution in [0.4, 0.5) is 4.79 Å². The summed E-state index contributed by atoms with van der Waals surface area (Å²) in [5.74, 6) is 0.00247. The number of carbonyl (C=O) groups is 2. The van der Waals surface area contributed by atoms with Crippen LogP contribution >= 0.6 is 0 Å². The third kappa shape index (κ3) is 4.03. The van der Waals surface area contributed by atoms with Gasteiger partial charge in [-0.15, -0.1) is 0 Å². The van der Waals surface area contributed by atoms with Gasteiger partial charge in [0.05, 0.1) is 12.6 Å². The predicted octanol–water partition coefficient (Wildman–Crippen LogP) is 3.36. The SMILES string of the molecule is CCOC(=O)N[C@@H]1C(=O)N(C2CCCCC2)[C@@H]1/C=C/c1ccccc1. The molecule has 1 saturated heterocycles. The van der Waals surface area contributed by atoms with Crippen LogP contribution in [0.5, 0.6) is 0 Å². The van der Waals surface area contributed by atoms with Crippen LogP contribution in [0.25, 0.3) is 6.08 Å². The standard InChI is InChI=1S/C20H26N2O3/c1-2-25-20(24)21-18-17(14-13-15-9-5-3-6-10-15)22(19(18)23)16-11-7-4-8-12-16/h3,5-6,9-10,13-14,16-18H,2,4,7-8,11-12H2,1H3,(H,21,24)/b14-13+/t17-,18+/m1/s1. The lowest BCUT2D eigenvalue weighted by Crippen LogP contribution is -2.72. The second-order valence-electron chi connectivity index (χ2n) is 6.64. The van der Waals surface area contributed by atoms with E-state index in [1.54, 1.807) is 6.92 Å². The summed E-state index contributed by atoms with van der Waals surface area (Å²) in [6.07, 6.45) is 9.20. The minimum absolute atomic E-state index is 0.00247. The second kappa shape index (κ2) is 8.19. The van der Waals surface area contributed by atoms with E-state index in [1.807, 2.05) is 47.4 Å². The van der Waals surface area contributed by atoms with E-state index >= 15 is 0 Å². The maximum Gasteiger partial charge on any atom is 0.407 e. The van der Waals surface area contributed by atoms with Crippen LogP contribution in [-0.4, -0.2) is 41.6 Å². The van der Waals surface area contributed by atoms with Gasteiger partial charge in [-0.05, 0) is 25.3 Å². The maximum absolute atomic E-state index is 12.6. The Morgan fingerprint density at radius 3 is 2.64 bits per heavy atom. The van der Waals surface area contributed by atoms with Crippen LogP contribution in [0.3, 0.4) is 0 Å². The summed E-state index contributed by atoms with van der Waals surface area (Å²) in [5, 5.41) is 2.72. The van der Waals surface area contributed by atoms with Crippen LogP contribution in [0.1, 0.15) is 44.6 Å². The van der Waals surface area contributed by atoms with Crippen molar-refractivity contribution in [2.45, 2.75) is 57.2 Å². The van der Waals surface area contributed by atoms with Gasteiger partial charge in [-0.25, -0.2) is 4.79 Å². The van der Waals surface area contributed by atoms with Crippen LogP contribution in [0.2, 0.25) is 0 Å². The fourth-order valence-electron chi connectivity index (χ4n) is 3.74. The molecule has 1 N–H and O–H groups in total. The van der Waals surface area contributed by atoms with Gasteiger partial charge in [0, 0.05) is 6.04 Å². The minimum Gasteiger partial charge on any atom is -0.450 e. The van der Waals surface area contributed by atoms with E-state index in [4.69, 9.17) is 4.74 Å². The van der Waals surface area contributed by atoms with E-state index in [0.29, 0.717) is 6.61 Å². The molecule has 1 aromatic rings. The van der Waals surface area contributed by atoms with E-state index in [2.05, 4.69) is 5.32 Å². The quantitative estimate of drug-likeness (QED) is 0.835. The van der Waals surface area contributed by atoms with Gasteiger partial charge in [-0.1, -0.05) is 61.7 Å². The lowest BCUT2D eigenvalue weighted by molar-refractivity contribution is -0.153. The Kier molecular flexibility index (Phi) is 5.74. The van der Waals surface area contributed by atoms with Crippen LogP contribution < -0.4 is 5.32 Å². The first-order chi connectivity index (χ1) is 12.2. The van der Waals surface area contributed by atoms with Gasteiger partial charge in [0.1, 0.15) is 6.04 Å². The van der Waals surface area contributed by atoms with Gasteiger partial charge in [0.2, 0.25) is 5.91 Å². The van der Waals surface area contributed by atoms with Gasteiger partial charge in [0.25, 0.3) is 0 Å². The van der Waals surface area contributed by atoms with E-state index in [9.17, 15) is 9.59 Å². The molecule has 3 rings (SSSR count). The molecule has 1 heterocycles. The monoisotopic (exact) mass is 342 g/mol. The van der Waals surface area contributed by atoms with Crippen molar-refractivity contribution in [2.24, 2.45) is 0 Å². The summed E-state index contributed by atoms with van der Waals surface area (Å²) in [6.45, 7) is 2.05. The largest absolute Gasteiger partial charge is 0.450 e. The van der Waals surface area contributed by atoms with Crippen LogP contribution in [0, 0.1) is 0 Å². The number of likely N-dealkylation sites (tertiary alicyclic amines) is 1.